The van der Waals surface area contributed by atoms with Crippen molar-refractivity contribution >= 4 is 27.8 Å². The maximum absolute atomic E-state index is 13.7. The van der Waals surface area contributed by atoms with Gasteiger partial charge in [0.15, 0.2) is 0 Å². The summed E-state index contributed by atoms with van der Waals surface area (Å²) in [5, 5.41) is 11.4. The fourth-order valence-electron chi connectivity index (χ4n) is 1.76. The van der Waals surface area contributed by atoms with Crippen LogP contribution in [0, 0.1) is 5.82 Å². The van der Waals surface area contributed by atoms with E-state index in [2.05, 4.69) is 31.2 Å². The largest absolute Gasteiger partial charge is 0.480 e. The lowest BCUT2D eigenvalue weighted by atomic mass is 10.1. The number of rotatable bonds is 5. The number of carboxylic acid groups (broad SMARTS) is 1. The number of nitrogens with one attached hydrogen (secondary N) is 2. The fourth-order valence-corrected chi connectivity index (χ4v) is 2.28. The molecular formula is C13H11BrFN3O3. The number of H-pyrrole nitrogens is 1. The second-order valence-corrected chi connectivity index (χ2v) is 5.10. The SMILES string of the molecule is O=C(N[C@@H](Cc1cnc[nH]1)C(=O)O)c1c(F)cccc1Br. The van der Waals surface area contributed by atoms with Crippen LogP contribution in [-0.2, 0) is 11.2 Å². The van der Waals surface area contributed by atoms with Crippen LogP contribution < -0.4 is 5.32 Å². The number of aromatic nitrogens is 2. The lowest BCUT2D eigenvalue weighted by Crippen LogP contribution is -2.42. The molecule has 1 aromatic heterocycles. The molecule has 3 N–H and O–H groups in total. The van der Waals surface area contributed by atoms with Crippen molar-refractivity contribution in [1.82, 2.24) is 15.3 Å². The molecule has 1 heterocycles. The van der Waals surface area contributed by atoms with E-state index in [0.29, 0.717) is 5.69 Å². The van der Waals surface area contributed by atoms with E-state index in [4.69, 9.17) is 5.11 Å². The molecular weight excluding hydrogens is 345 g/mol. The second-order valence-electron chi connectivity index (χ2n) is 4.24. The van der Waals surface area contributed by atoms with Crippen molar-refractivity contribution < 1.29 is 19.1 Å². The number of hydrogen-bond acceptors (Lipinski definition) is 3. The first-order valence-electron chi connectivity index (χ1n) is 5.94. The molecule has 0 unspecified atom stereocenters. The van der Waals surface area contributed by atoms with Gasteiger partial charge in [-0.1, -0.05) is 6.07 Å². The Hall–Kier alpha value is -2.22. The van der Waals surface area contributed by atoms with Gasteiger partial charge < -0.3 is 15.4 Å². The average Bonchev–Trinajstić information content (AvgIpc) is 2.90. The molecule has 2 aromatic rings. The van der Waals surface area contributed by atoms with Crippen molar-refractivity contribution in [2.75, 3.05) is 0 Å². The number of hydrogen-bond donors (Lipinski definition) is 3. The highest BCUT2D eigenvalue weighted by Gasteiger charge is 2.24. The van der Waals surface area contributed by atoms with E-state index in [-0.39, 0.29) is 16.5 Å². The molecule has 0 spiro atoms. The predicted molar refractivity (Wildman–Crippen MR) is 75.3 cm³/mol. The van der Waals surface area contributed by atoms with Crippen molar-refractivity contribution in [3.63, 3.8) is 0 Å². The molecule has 0 saturated carbocycles. The first-order chi connectivity index (χ1) is 9.99. The summed E-state index contributed by atoms with van der Waals surface area (Å²) in [7, 11) is 0. The Bertz CT molecular complexity index is 640. The Kier molecular flexibility index (Phi) is 4.69. The van der Waals surface area contributed by atoms with E-state index in [9.17, 15) is 14.0 Å². The zero-order valence-corrected chi connectivity index (χ0v) is 12.2. The molecule has 1 aromatic carbocycles. The van der Waals surface area contributed by atoms with Crippen LogP contribution in [0.3, 0.4) is 0 Å². The average molecular weight is 356 g/mol. The summed E-state index contributed by atoms with van der Waals surface area (Å²) >= 11 is 3.07. The normalized spacial score (nSPS) is 11.9. The maximum Gasteiger partial charge on any atom is 0.326 e. The number of benzene rings is 1. The molecule has 2 rings (SSSR count). The van der Waals surface area contributed by atoms with Crippen LogP contribution in [0.5, 0.6) is 0 Å². The van der Waals surface area contributed by atoms with Gasteiger partial charge in [-0.25, -0.2) is 14.2 Å². The van der Waals surface area contributed by atoms with Gasteiger partial charge >= 0.3 is 5.97 Å². The summed E-state index contributed by atoms with van der Waals surface area (Å²) in [6.45, 7) is 0. The number of aromatic amines is 1. The highest BCUT2D eigenvalue weighted by Crippen LogP contribution is 2.19. The lowest BCUT2D eigenvalue weighted by Gasteiger charge is -2.14. The van der Waals surface area contributed by atoms with Crippen molar-refractivity contribution in [3.05, 3.63) is 52.3 Å². The second kappa shape index (κ2) is 6.49. The van der Waals surface area contributed by atoms with Crippen LogP contribution >= 0.6 is 15.9 Å². The van der Waals surface area contributed by atoms with Crippen molar-refractivity contribution in [2.45, 2.75) is 12.5 Å². The van der Waals surface area contributed by atoms with E-state index >= 15 is 0 Å². The minimum absolute atomic E-state index is 0.0210. The molecule has 8 heteroatoms. The number of carbonyl (C=O) groups excluding carboxylic acids is 1. The number of aliphatic carboxylic acids is 1. The number of carboxylic acids is 1. The molecule has 0 aliphatic carbocycles. The van der Waals surface area contributed by atoms with Gasteiger partial charge in [0.25, 0.3) is 5.91 Å². The Labute approximate surface area is 127 Å². The van der Waals surface area contributed by atoms with Crippen LogP contribution in [0.2, 0.25) is 0 Å². The number of amides is 1. The van der Waals surface area contributed by atoms with Crippen LogP contribution in [0.25, 0.3) is 0 Å². The standard InChI is InChI=1S/C13H11BrFN3O3/c14-8-2-1-3-9(15)11(8)12(19)18-10(13(20)21)4-7-5-16-6-17-7/h1-3,5-6,10H,4H2,(H,16,17)(H,18,19)(H,20,21)/t10-/m0/s1. The Morgan fingerprint density at radius 3 is 2.81 bits per heavy atom. The van der Waals surface area contributed by atoms with E-state index in [0.717, 1.165) is 6.07 Å². The summed E-state index contributed by atoms with van der Waals surface area (Å²) < 4.78 is 13.9. The molecule has 6 nitrogen and oxygen atoms in total. The van der Waals surface area contributed by atoms with Gasteiger partial charge in [-0.2, -0.15) is 0 Å². The molecule has 0 aliphatic rings. The Morgan fingerprint density at radius 2 is 2.24 bits per heavy atom. The number of halogens is 2. The van der Waals surface area contributed by atoms with Gasteiger partial charge in [0.2, 0.25) is 0 Å². The van der Waals surface area contributed by atoms with Crippen LogP contribution in [0.15, 0.2) is 35.2 Å². The summed E-state index contributed by atoms with van der Waals surface area (Å²) in [5.74, 6) is -2.75. The first kappa shape index (κ1) is 15.2. The number of imidazole rings is 1. The van der Waals surface area contributed by atoms with Gasteiger partial charge in [0.05, 0.1) is 11.9 Å². The lowest BCUT2D eigenvalue weighted by molar-refractivity contribution is -0.139. The van der Waals surface area contributed by atoms with Gasteiger partial charge in [0, 0.05) is 22.8 Å². The zero-order chi connectivity index (χ0) is 15.4. The van der Waals surface area contributed by atoms with Gasteiger partial charge in [-0.15, -0.1) is 0 Å². The summed E-state index contributed by atoms with van der Waals surface area (Å²) in [6, 6.07) is 2.88. The molecule has 1 amide bonds. The minimum atomic E-state index is -1.22. The van der Waals surface area contributed by atoms with Crippen molar-refractivity contribution in [1.29, 1.82) is 0 Å². The number of carbonyl (C=O) groups is 2. The number of nitrogens with zero attached hydrogens (tertiary/aromatic N) is 1. The maximum atomic E-state index is 13.7. The highest BCUT2D eigenvalue weighted by atomic mass is 79.9. The first-order valence-corrected chi connectivity index (χ1v) is 6.73. The Morgan fingerprint density at radius 1 is 1.48 bits per heavy atom. The zero-order valence-electron chi connectivity index (χ0n) is 10.6. The summed E-state index contributed by atoms with van der Waals surface area (Å²) in [5.41, 5.74) is 0.323. The fraction of sp³-hybridized carbons (Fsp3) is 0.154. The molecule has 0 fully saturated rings. The van der Waals surface area contributed by atoms with E-state index in [1.165, 1.54) is 24.7 Å². The molecule has 0 saturated heterocycles. The third kappa shape index (κ3) is 3.66. The third-order valence-electron chi connectivity index (χ3n) is 2.77. The summed E-state index contributed by atoms with van der Waals surface area (Å²) in [4.78, 5) is 29.8. The smallest absolute Gasteiger partial charge is 0.326 e. The predicted octanol–water partition coefficient (Wildman–Crippen LogP) is 1.74. The topological polar surface area (TPSA) is 95.1 Å². The summed E-state index contributed by atoms with van der Waals surface area (Å²) in [6.07, 6.45) is 2.89. The van der Waals surface area contributed by atoms with E-state index < -0.39 is 23.7 Å². The van der Waals surface area contributed by atoms with E-state index in [1.54, 1.807) is 0 Å². The third-order valence-corrected chi connectivity index (χ3v) is 3.43. The monoisotopic (exact) mass is 355 g/mol. The van der Waals surface area contributed by atoms with Gasteiger partial charge in [-0.05, 0) is 28.1 Å². The molecule has 21 heavy (non-hydrogen) atoms. The quantitative estimate of drug-likeness (QED) is 0.761. The molecule has 0 radical (unpaired) electrons. The minimum Gasteiger partial charge on any atom is -0.480 e. The van der Waals surface area contributed by atoms with Crippen LogP contribution in [-0.4, -0.2) is 33.0 Å². The van der Waals surface area contributed by atoms with Crippen LogP contribution in [0.1, 0.15) is 16.1 Å². The molecule has 1 atom stereocenters. The van der Waals surface area contributed by atoms with Gasteiger partial charge in [-0.3, -0.25) is 4.79 Å². The van der Waals surface area contributed by atoms with Crippen molar-refractivity contribution in [2.24, 2.45) is 0 Å². The molecule has 0 aliphatic heterocycles. The van der Waals surface area contributed by atoms with Crippen molar-refractivity contribution in [3.8, 4) is 0 Å². The molecule has 110 valence electrons. The van der Waals surface area contributed by atoms with E-state index in [1.807, 2.05) is 0 Å². The van der Waals surface area contributed by atoms with Gasteiger partial charge in [0.1, 0.15) is 11.9 Å². The molecule has 0 bridgehead atoms. The highest BCUT2D eigenvalue weighted by molar-refractivity contribution is 9.10. The van der Waals surface area contributed by atoms with Crippen LogP contribution in [0.4, 0.5) is 4.39 Å². The Balaban J connectivity index is 2.17.